The van der Waals surface area contributed by atoms with Crippen LogP contribution in [0.2, 0.25) is 0 Å². The van der Waals surface area contributed by atoms with E-state index in [1.54, 1.807) is 11.3 Å². The minimum atomic E-state index is 0.871. The largest absolute Gasteiger partial charge is 0.399 e. The lowest BCUT2D eigenvalue weighted by Crippen LogP contribution is -1.87. The Morgan fingerprint density at radius 2 is 2.12 bits per heavy atom. The highest BCUT2D eigenvalue weighted by Gasteiger charge is 2.15. The van der Waals surface area contributed by atoms with Crippen LogP contribution in [-0.2, 0) is 6.42 Å². The fourth-order valence-electron chi connectivity index (χ4n) is 2.25. The molecule has 1 aliphatic rings. The van der Waals surface area contributed by atoms with E-state index in [2.05, 4.69) is 35.0 Å². The number of aryl methyl sites for hydroxylation is 1. The molecule has 1 aromatic carbocycles. The molecule has 0 fully saturated rings. The van der Waals surface area contributed by atoms with Gasteiger partial charge >= 0.3 is 0 Å². The maximum Gasteiger partial charge on any atom is 0.0317 e. The molecule has 16 heavy (non-hydrogen) atoms. The van der Waals surface area contributed by atoms with Gasteiger partial charge in [-0.2, -0.15) is 11.3 Å². The molecule has 0 amide bonds. The highest BCUT2D eigenvalue weighted by Crippen LogP contribution is 2.34. The number of hydrogen-bond acceptors (Lipinski definition) is 2. The predicted molar refractivity (Wildman–Crippen MR) is 71.4 cm³/mol. The highest BCUT2D eigenvalue weighted by atomic mass is 32.1. The molecule has 0 bridgehead atoms. The number of nitrogens with two attached hydrogens (primary N) is 1. The number of rotatable bonds is 1. The average molecular weight is 227 g/mol. The zero-order valence-electron chi connectivity index (χ0n) is 8.94. The van der Waals surface area contributed by atoms with Gasteiger partial charge in [-0.15, -0.1) is 0 Å². The molecular formula is C14H13NS. The second-order valence-electron chi connectivity index (χ2n) is 4.14. The van der Waals surface area contributed by atoms with Crippen molar-refractivity contribution in [1.82, 2.24) is 0 Å². The van der Waals surface area contributed by atoms with Crippen LogP contribution < -0.4 is 5.73 Å². The lowest BCUT2D eigenvalue weighted by atomic mass is 10.1. The normalized spacial score (nSPS) is 16.6. The Kier molecular flexibility index (Phi) is 2.29. The summed E-state index contributed by atoms with van der Waals surface area (Å²) >= 11 is 1.74. The van der Waals surface area contributed by atoms with Crippen molar-refractivity contribution < 1.29 is 0 Å². The van der Waals surface area contributed by atoms with Gasteiger partial charge in [-0.1, -0.05) is 12.1 Å². The van der Waals surface area contributed by atoms with Crippen molar-refractivity contribution >= 4 is 28.7 Å². The van der Waals surface area contributed by atoms with Crippen molar-refractivity contribution in [1.29, 1.82) is 0 Å². The molecule has 1 heterocycles. The van der Waals surface area contributed by atoms with Gasteiger partial charge in [0.05, 0.1) is 0 Å². The van der Waals surface area contributed by atoms with Crippen LogP contribution in [0, 0.1) is 0 Å². The molecule has 0 saturated heterocycles. The molecule has 0 spiro atoms. The van der Waals surface area contributed by atoms with Crippen LogP contribution in [0.15, 0.2) is 35.0 Å². The number of thiophene rings is 1. The first-order valence-corrected chi connectivity index (χ1v) is 6.39. The summed E-state index contributed by atoms with van der Waals surface area (Å²) in [5.74, 6) is 0. The minimum Gasteiger partial charge on any atom is -0.399 e. The van der Waals surface area contributed by atoms with Gasteiger partial charge in [-0.25, -0.2) is 0 Å². The second-order valence-corrected chi connectivity index (χ2v) is 4.92. The molecule has 0 saturated carbocycles. The van der Waals surface area contributed by atoms with Crippen LogP contribution in [0.25, 0.3) is 11.6 Å². The van der Waals surface area contributed by atoms with Gasteiger partial charge in [-0.05, 0) is 64.1 Å². The van der Waals surface area contributed by atoms with Gasteiger partial charge in [0.15, 0.2) is 0 Å². The van der Waals surface area contributed by atoms with E-state index in [-0.39, 0.29) is 0 Å². The maximum absolute atomic E-state index is 5.79. The van der Waals surface area contributed by atoms with E-state index in [0.717, 1.165) is 18.5 Å². The first kappa shape index (κ1) is 9.67. The van der Waals surface area contributed by atoms with E-state index in [1.165, 1.54) is 22.3 Å². The summed E-state index contributed by atoms with van der Waals surface area (Å²) in [6.45, 7) is 0. The summed E-state index contributed by atoms with van der Waals surface area (Å²) in [6.07, 6.45) is 4.55. The Bertz CT molecular complexity index is 538. The van der Waals surface area contributed by atoms with Crippen LogP contribution in [0.3, 0.4) is 0 Å². The standard InChI is InChI=1S/C14H13NS/c15-13-3-4-14-11(1-2-12(14)8-13)7-10-5-6-16-9-10/h3-9H,1-2,15H2. The number of fused-ring (bicyclic) bond motifs is 1. The quantitative estimate of drug-likeness (QED) is 0.736. The zero-order chi connectivity index (χ0) is 11.0. The van der Waals surface area contributed by atoms with Crippen molar-refractivity contribution in [3.63, 3.8) is 0 Å². The fraction of sp³-hybridized carbons (Fsp3) is 0.143. The third-order valence-corrected chi connectivity index (χ3v) is 3.72. The Morgan fingerprint density at radius 3 is 2.94 bits per heavy atom. The van der Waals surface area contributed by atoms with Gasteiger partial charge in [0, 0.05) is 5.69 Å². The third-order valence-electron chi connectivity index (χ3n) is 3.02. The lowest BCUT2D eigenvalue weighted by Gasteiger charge is -2.01. The summed E-state index contributed by atoms with van der Waals surface area (Å²) in [4.78, 5) is 0. The van der Waals surface area contributed by atoms with Gasteiger partial charge < -0.3 is 5.73 Å². The zero-order valence-corrected chi connectivity index (χ0v) is 9.76. The summed E-state index contributed by atoms with van der Waals surface area (Å²) < 4.78 is 0. The molecule has 0 radical (unpaired) electrons. The molecule has 3 rings (SSSR count). The summed E-state index contributed by atoms with van der Waals surface area (Å²) in [5.41, 5.74) is 12.2. The van der Waals surface area contributed by atoms with Crippen molar-refractivity contribution in [2.75, 3.05) is 5.73 Å². The maximum atomic E-state index is 5.79. The van der Waals surface area contributed by atoms with E-state index in [4.69, 9.17) is 5.73 Å². The first-order valence-electron chi connectivity index (χ1n) is 5.44. The summed E-state index contributed by atoms with van der Waals surface area (Å²) in [6, 6.07) is 8.40. The molecule has 1 aliphatic carbocycles. The van der Waals surface area contributed by atoms with Gasteiger partial charge in [0.2, 0.25) is 0 Å². The molecule has 2 N–H and O–H groups in total. The van der Waals surface area contributed by atoms with Crippen molar-refractivity contribution in [2.24, 2.45) is 0 Å². The first-order chi connectivity index (χ1) is 7.83. The monoisotopic (exact) mass is 227 g/mol. The fourth-order valence-corrected chi connectivity index (χ4v) is 2.86. The number of hydrogen-bond donors (Lipinski definition) is 1. The lowest BCUT2D eigenvalue weighted by molar-refractivity contribution is 1.08. The smallest absolute Gasteiger partial charge is 0.0317 e. The number of anilines is 1. The Labute approximate surface area is 99.2 Å². The van der Waals surface area contributed by atoms with Crippen LogP contribution >= 0.6 is 11.3 Å². The third kappa shape index (κ3) is 1.65. The van der Waals surface area contributed by atoms with Crippen molar-refractivity contribution in [3.8, 4) is 0 Å². The highest BCUT2D eigenvalue weighted by molar-refractivity contribution is 7.08. The van der Waals surface area contributed by atoms with E-state index < -0.39 is 0 Å². The molecule has 0 aliphatic heterocycles. The van der Waals surface area contributed by atoms with Crippen LogP contribution in [0.1, 0.15) is 23.1 Å². The molecule has 0 unspecified atom stereocenters. The number of allylic oxidation sites excluding steroid dienone is 1. The van der Waals surface area contributed by atoms with E-state index >= 15 is 0 Å². The van der Waals surface area contributed by atoms with E-state index in [9.17, 15) is 0 Å². The average Bonchev–Trinajstić information content (AvgIpc) is 2.89. The van der Waals surface area contributed by atoms with Gasteiger partial charge in [-0.3, -0.25) is 0 Å². The molecule has 2 heteroatoms. The van der Waals surface area contributed by atoms with E-state index in [0.29, 0.717) is 0 Å². The molecule has 80 valence electrons. The molecule has 1 aromatic heterocycles. The summed E-state index contributed by atoms with van der Waals surface area (Å²) in [7, 11) is 0. The Morgan fingerprint density at radius 1 is 1.19 bits per heavy atom. The number of benzene rings is 1. The molecule has 1 nitrogen and oxygen atoms in total. The van der Waals surface area contributed by atoms with Crippen molar-refractivity contribution in [2.45, 2.75) is 12.8 Å². The summed E-state index contributed by atoms with van der Waals surface area (Å²) in [5, 5.41) is 4.30. The predicted octanol–water partition coefficient (Wildman–Crippen LogP) is 3.82. The van der Waals surface area contributed by atoms with Gasteiger partial charge in [0.1, 0.15) is 0 Å². The Hall–Kier alpha value is -1.54. The minimum absolute atomic E-state index is 0.871. The van der Waals surface area contributed by atoms with Crippen LogP contribution in [0.5, 0.6) is 0 Å². The molecular weight excluding hydrogens is 214 g/mol. The van der Waals surface area contributed by atoms with Crippen molar-refractivity contribution in [3.05, 3.63) is 51.7 Å². The van der Waals surface area contributed by atoms with E-state index in [1.807, 2.05) is 6.07 Å². The second kappa shape index (κ2) is 3.80. The van der Waals surface area contributed by atoms with Crippen LogP contribution in [0.4, 0.5) is 5.69 Å². The number of nitrogen functional groups attached to an aromatic ring is 1. The Balaban J connectivity index is 2.03. The molecule has 2 aromatic rings. The SMILES string of the molecule is Nc1ccc2c(c1)CCC2=Cc1ccsc1. The van der Waals surface area contributed by atoms with Gasteiger partial charge in [0.25, 0.3) is 0 Å². The van der Waals surface area contributed by atoms with Crippen LogP contribution in [-0.4, -0.2) is 0 Å². The topological polar surface area (TPSA) is 26.0 Å². The molecule has 0 atom stereocenters.